The van der Waals surface area contributed by atoms with Crippen molar-refractivity contribution in [3.05, 3.63) is 24.4 Å². The summed E-state index contributed by atoms with van der Waals surface area (Å²) in [5.74, 6) is 0.721. The number of hydrogen-bond acceptors (Lipinski definition) is 2. The molecule has 0 unspecified atom stereocenters. The summed E-state index contributed by atoms with van der Waals surface area (Å²) < 4.78 is 5.51. The molecule has 0 aliphatic carbocycles. The summed E-state index contributed by atoms with van der Waals surface area (Å²) in [5.41, 5.74) is 0. The van der Waals surface area contributed by atoms with Gasteiger partial charge in [-0.15, -0.1) is 0 Å². The van der Waals surface area contributed by atoms with Gasteiger partial charge in [-0.3, -0.25) is 0 Å². The van der Waals surface area contributed by atoms with Gasteiger partial charge in [0.1, 0.15) is 13.2 Å². The van der Waals surface area contributed by atoms with Gasteiger partial charge in [0, 0.05) is 12.3 Å². The second-order valence-corrected chi connectivity index (χ2v) is 3.22. The van der Waals surface area contributed by atoms with Gasteiger partial charge in [0.2, 0.25) is 5.88 Å². The maximum absolute atomic E-state index is 5.51. The number of quaternary nitrogens is 1. The van der Waals surface area contributed by atoms with E-state index in [0.29, 0.717) is 0 Å². The molecule has 1 aromatic rings. The van der Waals surface area contributed by atoms with Gasteiger partial charge in [-0.25, -0.2) is 4.98 Å². The zero-order valence-corrected chi connectivity index (χ0v) is 10.1. The fourth-order valence-corrected chi connectivity index (χ4v) is 1.34. The molecule has 0 aliphatic heterocycles. The van der Waals surface area contributed by atoms with Crippen LogP contribution in [0, 0.1) is 0 Å². The van der Waals surface area contributed by atoms with Gasteiger partial charge < -0.3 is 22.0 Å². The molecule has 0 amide bonds. The molecule has 4 heteroatoms. The zero-order valence-electron chi connectivity index (χ0n) is 9.37. The molecular weight excluding hydrogens is 212 g/mol. The molecule has 1 heterocycles. The second kappa shape index (κ2) is 8.50. The van der Waals surface area contributed by atoms with Gasteiger partial charge in [-0.05, 0) is 19.9 Å². The summed E-state index contributed by atoms with van der Waals surface area (Å²) in [5, 5.41) is 0. The third-order valence-electron chi connectivity index (χ3n) is 2.34. The van der Waals surface area contributed by atoms with Crippen LogP contribution >= 0.6 is 0 Å². The number of aromatic nitrogens is 1. The Labute approximate surface area is 97.9 Å². The highest BCUT2D eigenvalue weighted by Gasteiger charge is 2.02. The predicted octanol–water partition coefficient (Wildman–Crippen LogP) is -2.61. The molecule has 15 heavy (non-hydrogen) atoms. The van der Waals surface area contributed by atoms with E-state index < -0.39 is 0 Å². The van der Waals surface area contributed by atoms with E-state index in [2.05, 4.69) is 18.8 Å². The van der Waals surface area contributed by atoms with Crippen LogP contribution in [0.1, 0.15) is 13.8 Å². The standard InChI is InChI=1S/C11H18N2O.ClH/c1-3-13(4-2)9-10-14-11-7-5-6-8-12-11;/h5-8H,3-4,9-10H2,1-2H3;1H. The van der Waals surface area contributed by atoms with Crippen molar-refractivity contribution in [2.45, 2.75) is 13.8 Å². The molecule has 0 spiro atoms. The third-order valence-corrected chi connectivity index (χ3v) is 2.34. The van der Waals surface area contributed by atoms with Crippen molar-refractivity contribution >= 4 is 0 Å². The van der Waals surface area contributed by atoms with E-state index in [4.69, 9.17) is 4.74 Å². The van der Waals surface area contributed by atoms with E-state index in [0.717, 1.165) is 32.1 Å². The molecule has 0 aromatic carbocycles. The van der Waals surface area contributed by atoms with Gasteiger partial charge in [-0.1, -0.05) is 6.07 Å². The quantitative estimate of drug-likeness (QED) is 0.580. The lowest BCUT2D eigenvalue weighted by atomic mass is 10.5. The van der Waals surface area contributed by atoms with Crippen molar-refractivity contribution in [2.24, 2.45) is 0 Å². The van der Waals surface area contributed by atoms with E-state index >= 15 is 0 Å². The number of halogens is 1. The minimum atomic E-state index is 0. The van der Waals surface area contributed by atoms with Crippen LogP contribution in [-0.4, -0.2) is 31.2 Å². The number of likely N-dealkylation sites (N-methyl/N-ethyl adjacent to an activating group) is 1. The highest BCUT2D eigenvalue weighted by molar-refractivity contribution is 5.08. The third kappa shape index (κ3) is 5.60. The summed E-state index contributed by atoms with van der Waals surface area (Å²) in [6, 6.07) is 5.71. The first kappa shape index (κ1) is 14.2. The summed E-state index contributed by atoms with van der Waals surface area (Å²) >= 11 is 0. The zero-order chi connectivity index (χ0) is 10.2. The Balaban J connectivity index is 0.00000196. The van der Waals surface area contributed by atoms with Crippen LogP contribution < -0.4 is 22.0 Å². The number of nitrogens with one attached hydrogen (secondary N) is 1. The Morgan fingerprint density at radius 2 is 2.00 bits per heavy atom. The van der Waals surface area contributed by atoms with Gasteiger partial charge in [0.25, 0.3) is 0 Å². The fourth-order valence-electron chi connectivity index (χ4n) is 1.34. The molecule has 1 aromatic heterocycles. The van der Waals surface area contributed by atoms with E-state index in [-0.39, 0.29) is 12.4 Å². The average Bonchev–Trinajstić information content (AvgIpc) is 2.26. The Hall–Kier alpha value is -0.800. The first-order valence-corrected chi connectivity index (χ1v) is 5.24. The Kier molecular flexibility index (Phi) is 8.05. The first-order valence-electron chi connectivity index (χ1n) is 5.24. The molecule has 0 saturated heterocycles. The van der Waals surface area contributed by atoms with Crippen LogP contribution in [0.25, 0.3) is 0 Å². The molecule has 0 aliphatic rings. The maximum atomic E-state index is 5.51. The lowest BCUT2D eigenvalue weighted by molar-refractivity contribution is -0.896. The maximum Gasteiger partial charge on any atom is 0.213 e. The molecular formula is C11H19ClN2O. The van der Waals surface area contributed by atoms with Crippen LogP contribution in [0.4, 0.5) is 0 Å². The van der Waals surface area contributed by atoms with E-state index in [1.807, 2.05) is 18.2 Å². The Bertz CT molecular complexity index is 240. The smallest absolute Gasteiger partial charge is 0.213 e. The van der Waals surface area contributed by atoms with Crippen molar-refractivity contribution in [2.75, 3.05) is 26.2 Å². The number of hydrogen-bond donors (Lipinski definition) is 1. The molecule has 0 bridgehead atoms. The van der Waals surface area contributed by atoms with E-state index in [9.17, 15) is 0 Å². The Morgan fingerprint density at radius 1 is 1.27 bits per heavy atom. The SMILES string of the molecule is CC[NH+](CC)CCOc1ccccn1.[Cl-]. The van der Waals surface area contributed by atoms with Crippen LogP contribution in [-0.2, 0) is 0 Å². The van der Waals surface area contributed by atoms with Gasteiger partial charge in [0.15, 0.2) is 0 Å². The largest absolute Gasteiger partial charge is 1.00 e. The minimum absolute atomic E-state index is 0. The number of ether oxygens (including phenoxy) is 1. The van der Waals surface area contributed by atoms with E-state index in [1.165, 1.54) is 0 Å². The van der Waals surface area contributed by atoms with E-state index in [1.54, 1.807) is 11.1 Å². The highest BCUT2D eigenvalue weighted by atomic mass is 35.5. The van der Waals surface area contributed by atoms with Crippen molar-refractivity contribution in [1.29, 1.82) is 0 Å². The lowest BCUT2D eigenvalue weighted by Crippen LogP contribution is -3.12. The summed E-state index contributed by atoms with van der Waals surface area (Å²) in [6.45, 7) is 8.49. The minimum Gasteiger partial charge on any atom is -1.00 e. The summed E-state index contributed by atoms with van der Waals surface area (Å²) in [7, 11) is 0. The van der Waals surface area contributed by atoms with Crippen molar-refractivity contribution in [1.82, 2.24) is 4.98 Å². The van der Waals surface area contributed by atoms with Crippen LogP contribution in [0.5, 0.6) is 5.88 Å². The molecule has 1 rings (SSSR count). The fraction of sp³-hybridized carbons (Fsp3) is 0.545. The van der Waals surface area contributed by atoms with Gasteiger partial charge in [0.05, 0.1) is 13.1 Å². The Morgan fingerprint density at radius 3 is 2.53 bits per heavy atom. The first-order chi connectivity index (χ1) is 6.86. The van der Waals surface area contributed by atoms with Gasteiger partial charge >= 0.3 is 0 Å². The van der Waals surface area contributed by atoms with Crippen molar-refractivity contribution in [3.8, 4) is 5.88 Å². The van der Waals surface area contributed by atoms with Crippen molar-refractivity contribution < 1.29 is 22.0 Å². The number of pyridine rings is 1. The lowest BCUT2D eigenvalue weighted by Gasteiger charge is -2.15. The van der Waals surface area contributed by atoms with Crippen LogP contribution in [0.15, 0.2) is 24.4 Å². The summed E-state index contributed by atoms with van der Waals surface area (Å²) in [4.78, 5) is 5.65. The molecule has 0 fully saturated rings. The number of nitrogens with zero attached hydrogens (tertiary/aromatic N) is 1. The monoisotopic (exact) mass is 230 g/mol. The topological polar surface area (TPSA) is 26.6 Å². The van der Waals surface area contributed by atoms with Gasteiger partial charge in [-0.2, -0.15) is 0 Å². The van der Waals surface area contributed by atoms with Crippen LogP contribution in [0.3, 0.4) is 0 Å². The summed E-state index contributed by atoms with van der Waals surface area (Å²) in [6.07, 6.45) is 1.75. The molecule has 86 valence electrons. The number of rotatable bonds is 6. The molecule has 0 atom stereocenters. The highest BCUT2D eigenvalue weighted by Crippen LogP contribution is 2.01. The normalized spacial score (nSPS) is 9.80. The molecule has 1 N–H and O–H groups in total. The molecule has 0 saturated carbocycles. The van der Waals surface area contributed by atoms with Crippen LogP contribution in [0.2, 0.25) is 0 Å². The molecule has 0 radical (unpaired) electrons. The molecule has 3 nitrogen and oxygen atoms in total. The predicted molar refractivity (Wildman–Crippen MR) is 56.6 cm³/mol. The second-order valence-electron chi connectivity index (χ2n) is 3.22. The average molecular weight is 231 g/mol. The van der Waals surface area contributed by atoms with Crippen molar-refractivity contribution in [3.63, 3.8) is 0 Å².